The number of aromatic nitrogens is 1. The van der Waals surface area contributed by atoms with Crippen molar-refractivity contribution >= 4 is 28.9 Å². The minimum Gasteiger partial charge on any atom is -0.481 e. The molecule has 0 atom stereocenters. The van der Waals surface area contributed by atoms with Gasteiger partial charge in [0.15, 0.2) is 0 Å². The number of halogens is 1. The Balaban J connectivity index is 1.74. The van der Waals surface area contributed by atoms with Crippen LogP contribution < -0.4 is 4.74 Å². The third-order valence-electron chi connectivity index (χ3n) is 3.35. The number of hydrogen-bond donors (Lipinski definition) is 1. The van der Waals surface area contributed by atoms with E-state index in [0.717, 1.165) is 21.9 Å². The molecule has 3 rings (SSSR count). The van der Waals surface area contributed by atoms with E-state index in [1.54, 1.807) is 11.4 Å². The standard InChI is InChI=1S/C18H14ClNO3S/c1-11-8-15(6-7-16(11)19)23-14-4-2-12(3-5-14)18-20-13(10-24-18)9-17(21)22/h2-8,10H,9H2,1H3,(H,21,22). The summed E-state index contributed by atoms with van der Waals surface area (Å²) in [6, 6.07) is 13.0. The predicted molar refractivity (Wildman–Crippen MR) is 95.2 cm³/mol. The summed E-state index contributed by atoms with van der Waals surface area (Å²) >= 11 is 7.44. The molecule has 3 aromatic rings. The van der Waals surface area contributed by atoms with Gasteiger partial charge in [-0.2, -0.15) is 0 Å². The van der Waals surface area contributed by atoms with Crippen LogP contribution in [0.5, 0.6) is 11.5 Å². The largest absolute Gasteiger partial charge is 0.481 e. The van der Waals surface area contributed by atoms with Crippen molar-refractivity contribution in [2.45, 2.75) is 13.3 Å². The first-order valence-electron chi connectivity index (χ1n) is 7.22. The maximum Gasteiger partial charge on any atom is 0.309 e. The first kappa shape index (κ1) is 16.5. The number of ether oxygens (including phenoxy) is 1. The molecule has 0 aliphatic rings. The van der Waals surface area contributed by atoms with Gasteiger partial charge in [0, 0.05) is 16.0 Å². The van der Waals surface area contributed by atoms with E-state index in [1.165, 1.54) is 11.3 Å². The molecule has 1 aromatic heterocycles. The molecule has 0 aliphatic carbocycles. The third kappa shape index (κ3) is 3.93. The third-order valence-corrected chi connectivity index (χ3v) is 4.71. The highest BCUT2D eigenvalue weighted by Crippen LogP contribution is 2.29. The maximum absolute atomic E-state index is 10.7. The van der Waals surface area contributed by atoms with Crippen LogP contribution >= 0.6 is 22.9 Å². The number of nitrogens with zero attached hydrogens (tertiary/aromatic N) is 1. The van der Waals surface area contributed by atoms with Crippen molar-refractivity contribution < 1.29 is 14.6 Å². The highest BCUT2D eigenvalue weighted by Gasteiger charge is 2.08. The molecule has 0 amide bonds. The van der Waals surface area contributed by atoms with Gasteiger partial charge in [0.05, 0.1) is 12.1 Å². The molecule has 122 valence electrons. The van der Waals surface area contributed by atoms with Crippen LogP contribution in [0, 0.1) is 6.92 Å². The Labute approximate surface area is 148 Å². The Morgan fingerprint density at radius 3 is 2.58 bits per heavy atom. The monoisotopic (exact) mass is 359 g/mol. The van der Waals surface area contributed by atoms with Crippen molar-refractivity contribution in [1.82, 2.24) is 4.98 Å². The fourth-order valence-corrected chi connectivity index (χ4v) is 3.10. The second-order valence-corrected chi connectivity index (χ2v) is 6.52. The Bertz CT molecular complexity index is 874. The minimum absolute atomic E-state index is 0.0619. The van der Waals surface area contributed by atoms with Gasteiger partial charge in [-0.1, -0.05) is 11.6 Å². The second kappa shape index (κ2) is 7.03. The number of rotatable bonds is 5. The maximum atomic E-state index is 10.7. The van der Waals surface area contributed by atoms with Crippen LogP contribution in [-0.4, -0.2) is 16.1 Å². The number of aliphatic carboxylic acids is 1. The molecule has 2 aromatic carbocycles. The lowest BCUT2D eigenvalue weighted by Gasteiger charge is -2.07. The lowest BCUT2D eigenvalue weighted by molar-refractivity contribution is -0.136. The SMILES string of the molecule is Cc1cc(Oc2ccc(-c3nc(CC(=O)O)cs3)cc2)ccc1Cl. The second-order valence-electron chi connectivity index (χ2n) is 5.25. The van der Waals surface area contributed by atoms with E-state index in [9.17, 15) is 4.79 Å². The Hall–Kier alpha value is -2.37. The number of carbonyl (C=O) groups is 1. The lowest BCUT2D eigenvalue weighted by atomic mass is 10.2. The zero-order chi connectivity index (χ0) is 17.1. The van der Waals surface area contributed by atoms with Crippen LogP contribution in [0.1, 0.15) is 11.3 Å². The molecule has 0 saturated carbocycles. The number of carboxylic acids is 1. The van der Waals surface area contributed by atoms with Crippen LogP contribution in [-0.2, 0) is 11.2 Å². The van der Waals surface area contributed by atoms with Crippen LogP contribution in [0.3, 0.4) is 0 Å². The van der Waals surface area contributed by atoms with Gasteiger partial charge in [-0.3, -0.25) is 4.79 Å². The van der Waals surface area contributed by atoms with Crippen LogP contribution in [0.15, 0.2) is 47.8 Å². The molecule has 0 aliphatic heterocycles. The average Bonchev–Trinajstić information content (AvgIpc) is 2.99. The summed E-state index contributed by atoms with van der Waals surface area (Å²) in [4.78, 5) is 15.1. The summed E-state index contributed by atoms with van der Waals surface area (Å²) < 4.78 is 5.81. The summed E-state index contributed by atoms with van der Waals surface area (Å²) in [7, 11) is 0. The van der Waals surface area contributed by atoms with E-state index in [2.05, 4.69) is 4.98 Å². The summed E-state index contributed by atoms with van der Waals surface area (Å²) in [5.41, 5.74) is 2.45. The van der Waals surface area contributed by atoms with Crippen molar-refractivity contribution in [3.8, 4) is 22.1 Å². The Kier molecular flexibility index (Phi) is 4.83. The first-order valence-corrected chi connectivity index (χ1v) is 8.47. The molecule has 0 unspecified atom stereocenters. The van der Waals surface area contributed by atoms with Crippen LogP contribution in [0.4, 0.5) is 0 Å². The molecular weight excluding hydrogens is 346 g/mol. The number of thiazole rings is 1. The van der Waals surface area contributed by atoms with E-state index in [4.69, 9.17) is 21.4 Å². The summed E-state index contributed by atoms with van der Waals surface area (Å²) in [5.74, 6) is 0.555. The number of carboxylic acid groups (broad SMARTS) is 1. The molecule has 1 N–H and O–H groups in total. The summed E-state index contributed by atoms with van der Waals surface area (Å²) in [6.07, 6.45) is -0.0619. The Morgan fingerprint density at radius 1 is 1.21 bits per heavy atom. The zero-order valence-electron chi connectivity index (χ0n) is 12.8. The van der Waals surface area contributed by atoms with Gasteiger partial charge in [-0.25, -0.2) is 4.98 Å². The van der Waals surface area contributed by atoms with Gasteiger partial charge in [0.1, 0.15) is 16.5 Å². The highest BCUT2D eigenvalue weighted by atomic mass is 35.5. The smallest absolute Gasteiger partial charge is 0.309 e. The first-order chi connectivity index (χ1) is 11.5. The molecule has 0 saturated heterocycles. The summed E-state index contributed by atoms with van der Waals surface area (Å²) in [6.45, 7) is 1.93. The van der Waals surface area contributed by atoms with Gasteiger partial charge >= 0.3 is 5.97 Å². The van der Waals surface area contributed by atoms with Crippen molar-refractivity contribution in [3.63, 3.8) is 0 Å². The predicted octanol–water partition coefficient (Wildman–Crippen LogP) is 5.19. The zero-order valence-corrected chi connectivity index (χ0v) is 14.4. The van der Waals surface area contributed by atoms with Crippen LogP contribution in [0.2, 0.25) is 5.02 Å². The van der Waals surface area contributed by atoms with Gasteiger partial charge < -0.3 is 9.84 Å². The van der Waals surface area contributed by atoms with E-state index in [0.29, 0.717) is 16.5 Å². The fourth-order valence-electron chi connectivity index (χ4n) is 2.16. The fraction of sp³-hybridized carbons (Fsp3) is 0.111. The molecule has 0 radical (unpaired) electrons. The number of benzene rings is 2. The molecule has 6 heteroatoms. The normalized spacial score (nSPS) is 10.6. The van der Waals surface area contributed by atoms with Gasteiger partial charge in [-0.05, 0) is 55.0 Å². The molecule has 0 fully saturated rings. The van der Waals surface area contributed by atoms with E-state index in [1.807, 2.05) is 43.3 Å². The van der Waals surface area contributed by atoms with Gasteiger partial charge in [0.2, 0.25) is 0 Å². The topological polar surface area (TPSA) is 59.4 Å². The molecule has 0 bridgehead atoms. The van der Waals surface area contributed by atoms with Crippen LogP contribution in [0.25, 0.3) is 10.6 Å². The summed E-state index contributed by atoms with van der Waals surface area (Å²) in [5, 5.41) is 12.1. The molecule has 4 nitrogen and oxygen atoms in total. The molecule has 24 heavy (non-hydrogen) atoms. The van der Waals surface area contributed by atoms with E-state index >= 15 is 0 Å². The molecule has 1 heterocycles. The number of aryl methyl sites for hydroxylation is 1. The molecular formula is C18H14ClNO3S. The quantitative estimate of drug-likeness (QED) is 0.680. The van der Waals surface area contributed by atoms with E-state index in [-0.39, 0.29) is 6.42 Å². The van der Waals surface area contributed by atoms with E-state index < -0.39 is 5.97 Å². The average molecular weight is 360 g/mol. The van der Waals surface area contributed by atoms with Crippen molar-refractivity contribution in [1.29, 1.82) is 0 Å². The Morgan fingerprint density at radius 2 is 1.92 bits per heavy atom. The molecule has 0 spiro atoms. The van der Waals surface area contributed by atoms with Gasteiger partial charge in [-0.15, -0.1) is 11.3 Å². The van der Waals surface area contributed by atoms with Gasteiger partial charge in [0.25, 0.3) is 0 Å². The minimum atomic E-state index is -0.881. The lowest BCUT2D eigenvalue weighted by Crippen LogP contribution is -1.99. The van der Waals surface area contributed by atoms with Crippen molar-refractivity contribution in [2.75, 3.05) is 0 Å². The van der Waals surface area contributed by atoms with Crippen molar-refractivity contribution in [3.05, 3.63) is 64.1 Å². The highest BCUT2D eigenvalue weighted by molar-refractivity contribution is 7.13. The number of hydrogen-bond acceptors (Lipinski definition) is 4. The van der Waals surface area contributed by atoms with Crippen molar-refractivity contribution in [2.24, 2.45) is 0 Å².